The van der Waals surface area contributed by atoms with Gasteiger partial charge in [-0.1, -0.05) is 13.0 Å². The number of sulfone groups is 1. The lowest BCUT2D eigenvalue weighted by Crippen LogP contribution is -2.47. The molecule has 2 aromatic carbocycles. The predicted octanol–water partition coefficient (Wildman–Crippen LogP) is 4.05. The van der Waals surface area contributed by atoms with E-state index in [1.165, 1.54) is 23.1 Å². The van der Waals surface area contributed by atoms with E-state index in [0.717, 1.165) is 13.2 Å². The molecule has 0 aromatic heterocycles. The number of halogens is 5. The van der Waals surface area contributed by atoms with Crippen molar-refractivity contribution in [1.82, 2.24) is 10.2 Å². The summed E-state index contributed by atoms with van der Waals surface area (Å²) in [6.45, 7) is 1.92. The molecular formula is C27H27F5N2O6S. The van der Waals surface area contributed by atoms with Crippen LogP contribution in [0.2, 0.25) is 0 Å². The van der Waals surface area contributed by atoms with Crippen LogP contribution in [0.5, 0.6) is 0 Å². The van der Waals surface area contributed by atoms with E-state index in [4.69, 9.17) is 0 Å². The van der Waals surface area contributed by atoms with Crippen molar-refractivity contribution in [2.75, 3.05) is 19.4 Å². The number of carbonyl (C=O) groups excluding carboxylic acids is 3. The SMILES string of the molecule is COC(=O)CS(=O)(=O)c1cccc(C(=O)N2C[C@H](C)C[C@@H]2C(=O)N[C@@H](c2cc(F)c(C(F)(F)F)cc2F)C2CC2)c1. The molecule has 41 heavy (non-hydrogen) atoms. The molecule has 0 unspecified atom stereocenters. The number of rotatable bonds is 8. The van der Waals surface area contributed by atoms with Crippen LogP contribution in [0.15, 0.2) is 41.3 Å². The van der Waals surface area contributed by atoms with Crippen LogP contribution in [-0.4, -0.2) is 56.6 Å². The Hall–Kier alpha value is -3.55. The molecule has 8 nitrogen and oxygen atoms in total. The summed E-state index contributed by atoms with van der Waals surface area (Å²) >= 11 is 0. The number of ether oxygens (including phenoxy) is 1. The average molecular weight is 603 g/mol. The molecule has 1 aliphatic heterocycles. The zero-order valence-corrected chi connectivity index (χ0v) is 22.8. The van der Waals surface area contributed by atoms with Gasteiger partial charge in [-0.3, -0.25) is 14.4 Å². The minimum Gasteiger partial charge on any atom is -0.468 e. The monoisotopic (exact) mass is 602 g/mol. The molecule has 2 fully saturated rings. The van der Waals surface area contributed by atoms with Gasteiger partial charge in [0, 0.05) is 17.7 Å². The van der Waals surface area contributed by atoms with Crippen LogP contribution in [0.4, 0.5) is 22.0 Å². The number of hydrogen-bond donors (Lipinski definition) is 1. The van der Waals surface area contributed by atoms with Crippen LogP contribution in [0, 0.1) is 23.5 Å². The summed E-state index contributed by atoms with van der Waals surface area (Å²) in [4.78, 5) is 39.3. The Bertz CT molecular complexity index is 1480. The number of likely N-dealkylation sites (tertiary alicyclic amines) is 1. The van der Waals surface area contributed by atoms with E-state index in [1.807, 2.05) is 0 Å². The van der Waals surface area contributed by atoms with Gasteiger partial charge >= 0.3 is 12.1 Å². The van der Waals surface area contributed by atoms with E-state index in [2.05, 4.69) is 10.1 Å². The standard InChI is InChI=1S/C27H27F5N2O6S/c1-14-8-22(34(12-14)26(37)16-4-3-5-17(9-16)41(38,39)13-23(35)40-2)25(36)33-24(15-6-7-15)18-10-21(29)19(11-20(18)28)27(30,31)32/h3-5,9-11,14-15,22,24H,6-8,12-13H2,1-2H3,(H,33,36)/t14-,22-,24-/m1/s1. The van der Waals surface area contributed by atoms with Crippen molar-refractivity contribution in [2.24, 2.45) is 11.8 Å². The van der Waals surface area contributed by atoms with Crippen LogP contribution < -0.4 is 5.32 Å². The van der Waals surface area contributed by atoms with Gasteiger partial charge < -0.3 is 15.0 Å². The lowest BCUT2D eigenvalue weighted by atomic mass is 9.98. The van der Waals surface area contributed by atoms with Gasteiger partial charge in [-0.2, -0.15) is 13.2 Å². The Labute approximate surface area is 232 Å². The molecule has 2 amide bonds. The summed E-state index contributed by atoms with van der Waals surface area (Å²) < 4.78 is 97.7. The second-order valence-electron chi connectivity index (χ2n) is 10.4. The third-order valence-electron chi connectivity index (χ3n) is 7.17. The summed E-state index contributed by atoms with van der Waals surface area (Å²) in [6, 6.07) is 3.32. The van der Waals surface area contributed by atoms with Gasteiger partial charge in [0.05, 0.1) is 23.6 Å². The van der Waals surface area contributed by atoms with Crippen molar-refractivity contribution in [1.29, 1.82) is 0 Å². The molecular weight excluding hydrogens is 575 g/mol. The van der Waals surface area contributed by atoms with E-state index >= 15 is 0 Å². The number of nitrogens with zero attached hydrogens (tertiary/aromatic N) is 1. The molecule has 14 heteroatoms. The van der Waals surface area contributed by atoms with Gasteiger partial charge in [-0.15, -0.1) is 0 Å². The number of methoxy groups -OCH3 is 1. The second-order valence-corrected chi connectivity index (χ2v) is 12.3. The van der Waals surface area contributed by atoms with E-state index in [1.54, 1.807) is 6.92 Å². The van der Waals surface area contributed by atoms with E-state index in [0.29, 0.717) is 18.9 Å². The minimum atomic E-state index is -5.10. The molecule has 222 valence electrons. The van der Waals surface area contributed by atoms with Crippen LogP contribution in [0.3, 0.4) is 0 Å². The van der Waals surface area contributed by atoms with Crippen molar-refractivity contribution in [3.8, 4) is 0 Å². The zero-order chi connectivity index (χ0) is 30.3. The van der Waals surface area contributed by atoms with Gasteiger partial charge in [0.15, 0.2) is 15.6 Å². The fourth-order valence-electron chi connectivity index (χ4n) is 4.95. The first kappa shape index (κ1) is 30.4. The first-order valence-corrected chi connectivity index (χ1v) is 14.3. The Morgan fingerprint density at radius 1 is 1.10 bits per heavy atom. The van der Waals surface area contributed by atoms with Crippen LogP contribution >= 0.6 is 0 Å². The van der Waals surface area contributed by atoms with Gasteiger partial charge in [-0.05, 0) is 61.4 Å². The Morgan fingerprint density at radius 3 is 2.39 bits per heavy atom. The topological polar surface area (TPSA) is 110 Å². The minimum absolute atomic E-state index is 0.0579. The molecule has 1 heterocycles. The number of esters is 1. The molecule has 2 aliphatic rings. The molecule has 4 rings (SSSR count). The molecule has 0 bridgehead atoms. The smallest absolute Gasteiger partial charge is 0.419 e. The third-order valence-corrected chi connectivity index (χ3v) is 8.76. The maximum atomic E-state index is 14.8. The third kappa shape index (κ3) is 6.68. The van der Waals surface area contributed by atoms with E-state index < -0.39 is 74.4 Å². The van der Waals surface area contributed by atoms with Crippen LogP contribution in [0.1, 0.15) is 53.7 Å². The molecule has 1 saturated heterocycles. The summed E-state index contributed by atoms with van der Waals surface area (Å²) in [6.07, 6.45) is -3.83. The highest BCUT2D eigenvalue weighted by molar-refractivity contribution is 7.92. The highest BCUT2D eigenvalue weighted by atomic mass is 32.2. The quantitative estimate of drug-likeness (QED) is 0.361. The number of carbonyl (C=O) groups is 3. The van der Waals surface area contributed by atoms with E-state index in [-0.39, 0.29) is 41.3 Å². The summed E-state index contributed by atoms with van der Waals surface area (Å²) in [7, 11) is -3.09. The Kier molecular flexibility index (Phi) is 8.44. The highest BCUT2D eigenvalue weighted by Gasteiger charge is 2.43. The molecule has 2 aromatic rings. The fraction of sp³-hybridized carbons (Fsp3) is 0.444. The lowest BCUT2D eigenvalue weighted by molar-refractivity contribution is -0.140. The van der Waals surface area contributed by atoms with Gasteiger partial charge in [0.1, 0.15) is 17.7 Å². The molecule has 0 spiro atoms. The molecule has 1 saturated carbocycles. The van der Waals surface area contributed by atoms with E-state index in [9.17, 15) is 44.8 Å². The maximum Gasteiger partial charge on any atom is 0.419 e. The molecule has 3 atom stereocenters. The fourth-order valence-corrected chi connectivity index (χ4v) is 6.14. The molecule has 0 radical (unpaired) electrons. The van der Waals surface area contributed by atoms with Gasteiger partial charge in [-0.25, -0.2) is 17.2 Å². The zero-order valence-electron chi connectivity index (χ0n) is 22.0. The van der Waals surface area contributed by atoms with Crippen molar-refractivity contribution in [3.05, 3.63) is 64.7 Å². The second kappa shape index (κ2) is 11.4. The Balaban J connectivity index is 1.58. The van der Waals surface area contributed by atoms with Crippen molar-refractivity contribution in [3.63, 3.8) is 0 Å². The number of benzene rings is 2. The maximum absolute atomic E-state index is 14.8. The number of hydrogen-bond acceptors (Lipinski definition) is 6. The number of alkyl halides is 3. The van der Waals surface area contributed by atoms with Gasteiger partial charge in [0.2, 0.25) is 5.91 Å². The first-order chi connectivity index (χ1) is 19.1. The van der Waals surface area contributed by atoms with Crippen molar-refractivity contribution >= 4 is 27.6 Å². The summed E-state index contributed by atoms with van der Waals surface area (Å²) in [5.74, 6) is -6.74. The summed E-state index contributed by atoms with van der Waals surface area (Å²) in [5.41, 5.74) is -2.23. The summed E-state index contributed by atoms with van der Waals surface area (Å²) in [5, 5.41) is 2.62. The van der Waals surface area contributed by atoms with Crippen LogP contribution in [-0.2, 0) is 30.3 Å². The van der Waals surface area contributed by atoms with Crippen molar-refractivity contribution < 1.29 is 49.5 Å². The lowest BCUT2D eigenvalue weighted by Gasteiger charge is -2.27. The molecule has 1 aliphatic carbocycles. The average Bonchev–Trinajstić information content (AvgIpc) is 3.67. The van der Waals surface area contributed by atoms with Crippen LogP contribution in [0.25, 0.3) is 0 Å². The van der Waals surface area contributed by atoms with Crippen molar-refractivity contribution in [2.45, 2.75) is 49.3 Å². The van der Waals surface area contributed by atoms with Gasteiger partial charge in [0.25, 0.3) is 5.91 Å². The number of nitrogens with one attached hydrogen (secondary N) is 1. The predicted molar refractivity (Wildman–Crippen MR) is 134 cm³/mol. The highest BCUT2D eigenvalue weighted by Crippen LogP contribution is 2.43. The largest absolute Gasteiger partial charge is 0.468 e. The normalized spacial score (nSPS) is 20.0. The Morgan fingerprint density at radius 2 is 1.78 bits per heavy atom. The number of amides is 2. The first-order valence-electron chi connectivity index (χ1n) is 12.7. The molecule has 1 N–H and O–H groups in total.